The van der Waals surface area contributed by atoms with Crippen LogP contribution in [0.1, 0.15) is 0 Å². The number of aromatic nitrogens is 1. The second-order valence-corrected chi connectivity index (χ2v) is 5.67. The Bertz CT molecular complexity index is 558. The highest BCUT2D eigenvalue weighted by atomic mass is 32.2. The Labute approximate surface area is 110 Å². The van der Waals surface area contributed by atoms with E-state index >= 15 is 0 Å². The van der Waals surface area contributed by atoms with E-state index in [4.69, 9.17) is 5.11 Å². The molecule has 0 bridgehead atoms. The van der Waals surface area contributed by atoms with Gasteiger partial charge in [-0.05, 0) is 12.1 Å². The van der Waals surface area contributed by atoms with Crippen molar-refractivity contribution in [3.8, 4) is 0 Å². The maximum absolute atomic E-state index is 12.0. The highest BCUT2D eigenvalue weighted by Crippen LogP contribution is 2.11. The number of nitrogens with zero attached hydrogens (tertiary/aromatic N) is 2. The van der Waals surface area contributed by atoms with Crippen molar-refractivity contribution >= 4 is 21.9 Å². The topological polar surface area (TPSA) is 117 Å². The second kappa shape index (κ2) is 6.25. The quantitative estimate of drug-likeness (QED) is 0.686. The minimum Gasteiger partial charge on any atom is -0.480 e. The summed E-state index contributed by atoms with van der Waals surface area (Å²) in [6.07, 6.45) is 2.60. The average molecular weight is 287 g/mol. The number of aliphatic carboxylic acids is 1. The summed E-state index contributed by atoms with van der Waals surface area (Å²) in [5.74, 6) is -1.90. The maximum Gasteiger partial charge on any atom is 0.322 e. The van der Waals surface area contributed by atoms with E-state index in [0.717, 1.165) is 4.31 Å². The number of hydrogen-bond donors (Lipinski definition) is 2. The van der Waals surface area contributed by atoms with Crippen LogP contribution in [-0.2, 0) is 19.6 Å². The third-order valence-electron chi connectivity index (χ3n) is 2.15. The van der Waals surface area contributed by atoms with Crippen LogP contribution in [-0.4, -0.2) is 54.8 Å². The monoisotopic (exact) mass is 287 g/mol. The fourth-order valence-corrected chi connectivity index (χ4v) is 2.29. The number of amides is 1. The van der Waals surface area contributed by atoms with Gasteiger partial charge in [0.15, 0.2) is 0 Å². The molecule has 0 radical (unpaired) electrons. The SMILES string of the molecule is CN(CC(=O)NCC(=O)O)S(=O)(=O)c1cccnc1. The number of likely N-dealkylation sites (N-methyl/N-ethyl adjacent to an activating group) is 1. The predicted molar refractivity (Wildman–Crippen MR) is 64.7 cm³/mol. The molecule has 9 heteroatoms. The smallest absolute Gasteiger partial charge is 0.322 e. The van der Waals surface area contributed by atoms with Crippen molar-refractivity contribution in [2.45, 2.75) is 4.90 Å². The van der Waals surface area contributed by atoms with Gasteiger partial charge >= 0.3 is 5.97 Å². The Morgan fingerprint density at radius 1 is 1.47 bits per heavy atom. The molecule has 0 spiro atoms. The number of carbonyl (C=O) groups excluding carboxylic acids is 1. The summed E-state index contributed by atoms with van der Waals surface area (Å²) in [6.45, 7) is -1.02. The first-order chi connectivity index (χ1) is 8.84. The molecular formula is C10H13N3O5S. The largest absolute Gasteiger partial charge is 0.480 e. The van der Waals surface area contributed by atoms with Gasteiger partial charge in [-0.1, -0.05) is 0 Å². The van der Waals surface area contributed by atoms with Crippen LogP contribution in [0.5, 0.6) is 0 Å². The van der Waals surface area contributed by atoms with Gasteiger partial charge in [0.1, 0.15) is 11.4 Å². The standard InChI is InChI=1S/C10H13N3O5S/c1-13(7-9(14)12-6-10(15)16)19(17,18)8-3-2-4-11-5-8/h2-5H,6-7H2,1H3,(H,12,14)(H,15,16). The third kappa shape index (κ3) is 4.30. The lowest BCUT2D eigenvalue weighted by Crippen LogP contribution is -2.40. The molecule has 1 heterocycles. The molecule has 0 aliphatic heterocycles. The molecule has 0 aliphatic rings. The van der Waals surface area contributed by atoms with Gasteiger partial charge in [-0.2, -0.15) is 4.31 Å². The summed E-state index contributed by atoms with van der Waals surface area (Å²) >= 11 is 0. The fourth-order valence-electron chi connectivity index (χ4n) is 1.20. The van der Waals surface area contributed by atoms with E-state index < -0.39 is 35.0 Å². The summed E-state index contributed by atoms with van der Waals surface area (Å²) < 4.78 is 24.8. The lowest BCUT2D eigenvalue weighted by Gasteiger charge is -2.16. The molecular weight excluding hydrogens is 274 g/mol. The van der Waals surface area contributed by atoms with Gasteiger partial charge in [-0.3, -0.25) is 14.6 Å². The van der Waals surface area contributed by atoms with Gasteiger partial charge in [0, 0.05) is 19.4 Å². The molecule has 0 fully saturated rings. The van der Waals surface area contributed by atoms with E-state index in [2.05, 4.69) is 10.3 Å². The highest BCUT2D eigenvalue weighted by molar-refractivity contribution is 7.89. The number of carboxylic acids is 1. The zero-order valence-corrected chi connectivity index (χ0v) is 10.9. The van der Waals surface area contributed by atoms with Gasteiger partial charge in [0.25, 0.3) is 0 Å². The lowest BCUT2D eigenvalue weighted by atomic mass is 10.5. The average Bonchev–Trinajstić information content (AvgIpc) is 2.37. The minimum absolute atomic E-state index is 0.0384. The Balaban J connectivity index is 2.70. The number of carbonyl (C=O) groups is 2. The molecule has 0 saturated carbocycles. The first-order valence-corrected chi connectivity index (χ1v) is 6.63. The summed E-state index contributed by atoms with van der Waals surface area (Å²) in [5.41, 5.74) is 0. The minimum atomic E-state index is -3.81. The molecule has 1 rings (SSSR count). The molecule has 1 aromatic heterocycles. The molecule has 1 aromatic rings. The number of hydrogen-bond acceptors (Lipinski definition) is 5. The zero-order valence-electron chi connectivity index (χ0n) is 10.1. The van der Waals surface area contributed by atoms with Crippen molar-refractivity contribution in [1.29, 1.82) is 0 Å². The van der Waals surface area contributed by atoms with Crippen molar-refractivity contribution in [2.75, 3.05) is 20.1 Å². The van der Waals surface area contributed by atoms with E-state index in [1.807, 2.05) is 0 Å². The van der Waals surface area contributed by atoms with Crippen LogP contribution in [0.3, 0.4) is 0 Å². The number of rotatable bonds is 6. The maximum atomic E-state index is 12.0. The van der Waals surface area contributed by atoms with E-state index in [1.165, 1.54) is 31.6 Å². The molecule has 0 saturated heterocycles. The van der Waals surface area contributed by atoms with Crippen LogP contribution in [0.25, 0.3) is 0 Å². The molecule has 0 aromatic carbocycles. The first-order valence-electron chi connectivity index (χ1n) is 5.19. The number of sulfonamides is 1. The molecule has 2 N–H and O–H groups in total. The van der Waals surface area contributed by atoms with Crippen molar-refractivity contribution in [3.05, 3.63) is 24.5 Å². The van der Waals surface area contributed by atoms with Crippen LogP contribution in [0.15, 0.2) is 29.4 Å². The molecule has 1 amide bonds. The Kier molecular flexibility index (Phi) is 4.95. The normalized spacial score (nSPS) is 11.3. The summed E-state index contributed by atoms with van der Waals surface area (Å²) in [5, 5.41) is 10.5. The first kappa shape index (κ1) is 15.1. The Morgan fingerprint density at radius 3 is 2.68 bits per heavy atom. The number of pyridine rings is 1. The second-order valence-electron chi connectivity index (χ2n) is 3.62. The van der Waals surface area contributed by atoms with Gasteiger partial charge in [0.05, 0.1) is 6.54 Å². The number of nitrogens with one attached hydrogen (secondary N) is 1. The van der Waals surface area contributed by atoms with E-state index in [0.29, 0.717) is 0 Å². The van der Waals surface area contributed by atoms with E-state index in [-0.39, 0.29) is 4.90 Å². The molecule has 8 nitrogen and oxygen atoms in total. The molecule has 0 aliphatic carbocycles. The summed E-state index contributed by atoms with van der Waals surface area (Å²) in [6, 6.07) is 2.82. The highest BCUT2D eigenvalue weighted by Gasteiger charge is 2.23. The Hall–Kier alpha value is -2.00. The van der Waals surface area contributed by atoms with Crippen molar-refractivity contribution in [3.63, 3.8) is 0 Å². The van der Waals surface area contributed by atoms with Crippen LogP contribution >= 0.6 is 0 Å². The summed E-state index contributed by atoms with van der Waals surface area (Å²) in [4.78, 5) is 25.2. The number of carboxylic acid groups (broad SMARTS) is 1. The van der Waals surface area contributed by atoms with Crippen molar-refractivity contribution in [1.82, 2.24) is 14.6 Å². The van der Waals surface area contributed by atoms with Crippen LogP contribution in [0, 0.1) is 0 Å². The van der Waals surface area contributed by atoms with Crippen molar-refractivity contribution < 1.29 is 23.1 Å². The lowest BCUT2D eigenvalue weighted by molar-refractivity contribution is -0.137. The fraction of sp³-hybridized carbons (Fsp3) is 0.300. The molecule has 19 heavy (non-hydrogen) atoms. The molecule has 0 atom stereocenters. The van der Waals surface area contributed by atoms with Gasteiger partial charge in [-0.15, -0.1) is 0 Å². The summed E-state index contributed by atoms with van der Waals surface area (Å²) in [7, 11) is -2.59. The van der Waals surface area contributed by atoms with E-state index in [1.54, 1.807) is 0 Å². The van der Waals surface area contributed by atoms with Gasteiger partial charge in [0.2, 0.25) is 15.9 Å². The molecule has 104 valence electrons. The van der Waals surface area contributed by atoms with Crippen molar-refractivity contribution in [2.24, 2.45) is 0 Å². The van der Waals surface area contributed by atoms with Crippen LogP contribution < -0.4 is 5.32 Å². The van der Waals surface area contributed by atoms with Gasteiger partial charge < -0.3 is 10.4 Å². The molecule has 0 unspecified atom stereocenters. The van der Waals surface area contributed by atoms with Gasteiger partial charge in [-0.25, -0.2) is 8.42 Å². The predicted octanol–water partition coefficient (Wildman–Crippen LogP) is -1.10. The van der Waals surface area contributed by atoms with E-state index in [9.17, 15) is 18.0 Å². The third-order valence-corrected chi connectivity index (χ3v) is 3.93. The van der Waals surface area contributed by atoms with Crippen LogP contribution in [0.4, 0.5) is 0 Å². The Morgan fingerprint density at radius 2 is 2.16 bits per heavy atom. The van der Waals surface area contributed by atoms with Crippen LogP contribution in [0.2, 0.25) is 0 Å². The zero-order chi connectivity index (χ0) is 14.5.